The number of hydrogen-bond donors (Lipinski definition) is 1. The molecule has 0 radical (unpaired) electrons. The van der Waals surface area contributed by atoms with Crippen LogP contribution in [0.25, 0.3) is 33.5 Å². The Balaban J connectivity index is 1.14. The number of piperidine rings is 1. The molecule has 1 N–H and O–H groups in total. The second kappa shape index (κ2) is 10.5. The highest BCUT2D eigenvalue weighted by Crippen LogP contribution is 2.41. The molecule has 5 aromatic rings. The number of para-hydroxylation sites is 1. The smallest absolute Gasteiger partial charge is 0.254 e. The van der Waals surface area contributed by atoms with E-state index in [0.717, 1.165) is 16.5 Å². The number of amides is 1. The van der Waals surface area contributed by atoms with Crippen molar-refractivity contribution in [3.63, 3.8) is 0 Å². The van der Waals surface area contributed by atoms with E-state index in [9.17, 15) is 9.59 Å². The number of pyridine rings is 1. The van der Waals surface area contributed by atoms with Gasteiger partial charge in [0.2, 0.25) is 5.82 Å². The third-order valence-corrected chi connectivity index (χ3v) is 8.28. The number of benzene rings is 3. The molecule has 1 spiro atoms. The minimum atomic E-state index is -0.653. The van der Waals surface area contributed by atoms with Gasteiger partial charge in [0.15, 0.2) is 17.3 Å². The molecule has 4 heterocycles. The summed E-state index contributed by atoms with van der Waals surface area (Å²) in [4.78, 5) is 34.0. The zero-order chi connectivity index (χ0) is 29.6. The summed E-state index contributed by atoms with van der Waals surface area (Å²) in [5, 5.41) is 14.8. The number of Topliss-reactive ketones (excluding diaryl/α,β-unsaturated/α-hetero) is 1. The van der Waals surface area contributed by atoms with E-state index in [1.54, 1.807) is 26.4 Å². The van der Waals surface area contributed by atoms with Gasteiger partial charge in [-0.05, 0) is 53.7 Å². The van der Waals surface area contributed by atoms with Crippen LogP contribution in [0.5, 0.6) is 17.2 Å². The zero-order valence-electron chi connectivity index (χ0n) is 23.7. The van der Waals surface area contributed by atoms with Crippen LogP contribution < -0.4 is 14.2 Å². The minimum absolute atomic E-state index is 0.00561. The number of nitrogens with zero attached hydrogens (tertiary/aromatic N) is 5. The van der Waals surface area contributed by atoms with Crippen LogP contribution in [0, 0.1) is 0 Å². The van der Waals surface area contributed by atoms with Crippen molar-refractivity contribution in [2.75, 3.05) is 27.3 Å². The normalized spacial score (nSPS) is 15.7. The second-order valence-corrected chi connectivity index (χ2v) is 10.8. The Bertz CT molecular complexity index is 1860. The number of nitrogens with one attached hydrogen (secondary N) is 1. The summed E-state index contributed by atoms with van der Waals surface area (Å²) >= 11 is 0. The van der Waals surface area contributed by atoms with Crippen molar-refractivity contribution in [2.24, 2.45) is 0 Å². The van der Waals surface area contributed by atoms with Gasteiger partial charge < -0.3 is 19.1 Å². The largest absolute Gasteiger partial charge is 0.493 e. The summed E-state index contributed by atoms with van der Waals surface area (Å²) in [6.45, 7) is 0.926. The van der Waals surface area contributed by atoms with E-state index in [0.29, 0.717) is 71.4 Å². The lowest BCUT2D eigenvalue weighted by Crippen LogP contribution is -2.52. The zero-order valence-corrected chi connectivity index (χ0v) is 23.7. The number of tetrazole rings is 1. The molecule has 216 valence electrons. The van der Waals surface area contributed by atoms with E-state index in [2.05, 4.69) is 20.6 Å². The van der Waals surface area contributed by atoms with Crippen LogP contribution in [0.2, 0.25) is 0 Å². The number of H-pyrrole nitrogens is 1. The second-order valence-electron chi connectivity index (χ2n) is 10.8. The third-order valence-electron chi connectivity index (χ3n) is 8.28. The van der Waals surface area contributed by atoms with Crippen molar-refractivity contribution in [1.29, 1.82) is 0 Å². The molecule has 2 aliphatic rings. The molecular weight excluding hydrogens is 548 g/mol. The molecule has 2 aliphatic heterocycles. The first kappa shape index (κ1) is 26.6. The van der Waals surface area contributed by atoms with E-state index in [1.807, 2.05) is 59.5 Å². The number of carbonyl (C=O) groups excluding carboxylic acids is 2. The van der Waals surface area contributed by atoms with Crippen molar-refractivity contribution in [2.45, 2.75) is 24.9 Å². The Morgan fingerprint density at radius 1 is 0.953 bits per heavy atom. The quantitative estimate of drug-likeness (QED) is 0.315. The Hall–Kier alpha value is -5.32. The number of ketones is 1. The van der Waals surface area contributed by atoms with Crippen molar-refractivity contribution in [3.05, 3.63) is 77.9 Å². The topological polar surface area (TPSA) is 132 Å². The number of hydrogen-bond acceptors (Lipinski definition) is 9. The fourth-order valence-corrected chi connectivity index (χ4v) is 5.98. The Morgan fingerprint density at radius 2 is 1.74 bits per heavy atom. The fraction of sp³-hybridized carbons (Fsp3) is 0.250. The fourth-order valence-electron chi connectivity index (χ4n) is 5.98. The van der Waals surface area contributed by atoms with Gasteiger partial charge in [0.25, 0.3) is 5.91 Å². The maximum atomic E-state index is 14.0. The van der Waals surface area contributed by atoms with Crippen LogP contribution in [-0.2, 0) is 0 Å². The molecule has 3 aromatic carbocycles. The van der Waals surface area contributed by atoms with Crippen LogP contribution >= 0.6 is 0 Å². The number of carbonyl (C=O) groups is 2. The molecule has 0 atom stereocenters. The molecule has 7 rings (SSSR count). The first-order chi connectivity index (χ1) is 21.0. The summed E-state index contributed by atoms with van der Waals surface area (Å²) in [5.41, 5.74) is 3.32. The highest BCUT2D eigenvalue weighted by atomic mass is 16.5. The van der Waals surface area contributed by atoms with E-state index in [4.69, 9.17) is 19.2 Å². The Morgan fingerprint density at radius 3 is 2.51 bits per heavy atom. The molecule has 1 saturated heterocycles. The van der Waals surface area contributed by atoms with Crippen LogP contribution in [0.15, 0.2) is 66.7 Å². The monoisotopic (exact) mass is 576 g/mol. The molecule has 0 bridgehead atoms. The summed E-state index contributed by atoms with van der Waals surface area (Å²) in [6, 6.07) is 20.4. The average molecular weight is 577 g/mol. The van der Waals surface area contributed by atoms with Gasteiger partial charge in [0.05, 0.1) is 43.0 Å². The maximum Gasteiger partial charge on any atom is 0.254 e. The van der Waals surface area contributed by atoms with Gasteiger partial charge in [-0.2, -0.15) is 5.21 Å². The molecule has 0 saturated carbocycles. The third kappa shape index (κ3) is 4.72. The number of aromatic nitrogens is 5. The van der Waals surface area contributed by atoms with E-state index < -0.39 is 5.60 Å². The number of methoxy groups -OCH3 is 2. The highest BCUT2D eigenvalue weighted by Gasteiger charge is 2.44. The average Bonchev–Trinajstić information content (AvgIpc) is 3.59. The number of ether oxygens (including phenoxy) is 3. The van der Waals surface area contributed by atoms with Gasteiger partial charge in [-0.15, -0.1) is 10.2 Å². The first-order valence-electron chi connectivity index (χ1n) is 14.0. The molecule has 2 aromatic heterocycles. The van der Waals surface area contributed by atoms with Crippen LogP contribution in [-0.4, -0.2) is 75.1 Å². The molecule has 1 fully saturated rings. The standard InChI is InChI=1S/C32H28N6O5/c1-41-28-10-7-19(16-29(28)42-2)25-17-22(21-5-3-4-6-24(21)33-25)31(40)38-13-11-32(12-14-38)18-26(39)23-15-20(8-9-27(23)43-32)30-34-36-37-35-30/h3-10,15-17H,11-14,18H2,1-2H3,(H,34,35,36,37). The SMILES string of the molecule is COc1ccc(-c2cc(C(=O)N3CCC4(CC3)CC(=O)c3cc(-c5nn[nH]n5)ccc3O4)c3ccccc3n2)cc1OC. The van der Waals surface area contributed by atoms with E-state index >= 15 is 0 Å². The van der Waals surface area contributed by atoms with E-state index in [-0.39, 0.29) is 18.1 Å². The molecule has 0 unspecified atom stereocenters. The van der Waals surface area contributed by atoms with E-state index in [1.165, 1.54) is 0 Å². The number of rotatable bonds is 5. The lowest BCUT2D eigenvalue weighted by molar-refractivity contribution is -0.00565. The van der Waals surface area contributed by atoms with Gasteiger partial charge in [-0.1, -0.05) is 18.2 Å². The van der Waals surface area contributed by atoms with Crippen LogP contribution in [0.1, 0.15) is 40.0 Å². The molecule has 43 heavy (non-hydrogen) atoms. The van der Waals surface area contributed by atoms with Crippen LogP contribution in [0.3, 0.4) is 0 Å². The summed E-state index contributed by atoms with van der Waals surface area (Å²) in [7, 11) is 3.18. The molecule has 11 nitrogen and oxygen atoms in total. The predicted molar refractivity (Wildman–Crippen MR) is 157 cm³/mol. The molecule has 0 aliphatic carbocycles. The van der Waals surface area contributed by atoms with Crippen molar-refractivity contribution >= 4 is 22.6 Å². The number of aromatic amines is 1. The van der Waals surface area contributed by atoms with Gasteiger partial charge in [-0.25, -0.2) is 4.98 Å². The van der Waals surface area contributed by atoms with Crippen molar-refractivity contribution < 1.29 is 23.8 Å². The van der Waals surface area contributed by atoms with Gasteiger partial charge in [0.1, 0.15) is 11.4 Å². The van der Waals surface area contributed by atoms with Gasteiger partial charge >= 0.3 is 0 Å². The Labute approximate surface area is 246 Å². The summed E-state index contributed by atoms with van der Waals surface area (Å²) in [6.07, 6.45) is 1.34. The lowest BCUT2D eigenvalue weighted by Gasteiger charge is -2.44. The van der Waals surface area contributed by atoms with Crippen molar-refractivity contribution in [3.8, 4) is 39.9 Å². The number of fused-ring (bicyclic) bond motifs is 2. The molecular formula is C32H28N6O5. The van der Waals surface area contributed by atoms with Gasteiger partial charge in [0, 0.05) is 42.4 Å². The summed E-state index contributed by atoms with van der Waals surface area (Å²) in [5.74, 6) is 2.08. The Kier molecular flexibility index (Phi) is 6.49. The maximum absolute atomic E-state index is 14.0. The minimum Gasteiger partial charge on any atom is -0.493 e. The summed E-state index contributed by atoms with van der Waals surface area (Å²) < 4.78 is 17.3. The number of likely N-dealkylation sites (tertiary alicyclic amines) is 1. The highest BCUT2D eigenvalue weighted by molar-refractivity contribution is 6.07. The lowest BCUT2D eigenvalue weighted by atomic mass is 9.82. The van der Waals surface area contributed by atoms with Crippen molar-refractivity contribution in [1.82, 2.24) is 30.5 Å². The van der Waals surface area contributed by atoms with Crippen LogP contribution in [0.4, 0.5) is 0 Å². The first-order valence-corrected chi connectivity index (χ1v) is 14.0. The molecule has 11 heteroatoms. The molecule has 1 amide bonds. The predicted octanol–water partition coefficient (Wildman–Crippen LogP) is 4.74. The van der Waals surface area contributed by atoms with Gasteiger partial charge in [-0.3, -0.25) is 9.59 Å².